The number of amides is 1. The number of alkyl halides is 3. The molecule has 0 saturated carbocycles. The smallest absolute Gasteiger partial charge is 0.417 e. The number of carboxylic acids is 1. The summed E-state index contributed by atoms with van der Waals surface area (Å²) >= 11 is 0. The molecule has 0 radical (unpaired) electrons. The fraction of sp³-hybridized carbons (Fsp3) is 0.864. The number of carbonyl (C=O) groups is 3. The SMILES string of the molecule is CCC(C)(CC(C)(CCC(=O)NC(C)(C)CS(=O)(=O)O)C(=O)O)C(=O)OC(C)CC(C)(O)C(F)(F)F. The first-order chi connectivity index (χ1) is 15.8. The van der Waals surface area contributed by atoms with Gasteiger partial charge in [-0.2, -0.15) is 21.6 Å². The van der Waals surface area contributed by atoms with Gasteiger partial charge in [-0.05, 0) is 60.8 Å². The van der Waals surface area contributed by atoms with Crippen molar-refractivity contribution in [3.63, 3.8) is 0 Å². The third-order valence-corrected chi connectivity index (χ3v) is 7.19. The zero-order chi connectivity index (χ0) is 29.0. The second-order valence-electron chi connectivity index (χ2n) is 10.8. The van der Waals surface area contributed by atoms with E-state index >= 15 is 0 Å². The van der Waals surface area contributed by atoms with Crippen LogP contribution in [0.1, 0.15) is 80.6 Å². The Morgan fingerprint density at radius 1 is 1.03 bits per heavy atom. The molecule has 0 rings (SSSR count). The lowest BCUT2D eigenvalue weighted by Gasteiger charge is -2.36. The van der Waals surface area contributed by atoms with Crippen LogP contribution in [0.15, 0.2) is 0 Å². The van der Waals surface area contributed by atoms with E-state index in [1.54, 1.807) is 6.92 Å². The Balaban J connectivity index is 5.48. The maximum absolute atomic E-state index is 12.9. The van der Waals surface area contributed by atoms with Gasteiger partial charge in [-0.1, -0.05) is 6.92 Å². The predicted octanol–water partition coefficient (Wildman–Crippen LogP) is 3.08. The standard InChI is InChI=1S/C22H38F3NO9S/c1-8-19(5,17(30)35-14(2)11-21(7,31)22(23,24)25)12-20(6,16(28)29)10-9-15(27)26-18(3,4)13-36(32,33)34/h14,31H,8-13H2,1-7H3,(H,26,27)(H,28,29)(H,32,33,34). The Morgan fingerprint density at radius 3 is 1.92 bits per heavy atom. The van der Waals surface area contributed by atoms with E-state index in [4.69, 9.17) is 9.29 Å². The van der Waals surface area contributed by atoms with Crippen molar-refractivity contribution in [1.82, 2.24) is 5.32 Å². The van der Waals surface area contributed by atoms with Crippen LogP contribution >= 0.6 is 0 Å². The molecular weight excluding hydrogens is 511 g/mol. The topological polar surface area (TPSA) is 167 Å². The van der Waals surface area contributed by atoms with Crippen molar-refractivity contribution in [2.24, 2.45) is 10.8 Å². The molecule has 0 aromatic carbocycles. The van der Waals surface area contributed by atoms with E-state index in [0.29, 0.717) is 6.92 Å². The molecule has 0 aliphatic carbocycles. The molecule has 0 aromatic rings. The van der Waals surface area contributed by atoms with Gasteiger partial charge in [0.05, 0.1) is 22.1 Å². The van der Waals surface area contributed by atoms with Crippen molar-refractivity contribution in [3.8, 4) is 0 Å². The van der Waals surface area contributed by atoms with E-state index in [-0.39, 0.29) is 25.7 Å². The van der Waals surface area contributed by atoms with E-state index in [9.17, 15) is 46.2 Å². The van der Waals surface area contributed by atoms with Gasteiger partial charge in [0.15, 0.2) is 5.60 Å². The fourth-order valence-corrected chi connectivity index (χ4v) is 4.82. The molecule has 0 heterocycles. The number of rotatable bonds is 14. The minimum absolute atomic E-state index is 0.0741. The summed E-state index contributed by atoms with van der Waals surface area (Å²) in [6, 6.07) is 0. The van der Waals surface area contributed by atoms with Gasteiger partial charge in [-0.25, -0.2) is 0 Å². The normalized spacial score (nSPS) is 18.8. The van der Waals surface area contributed by atoms with Gasteiger partial charge in [-0.15, -0.1) is 0 Å². The Kier molecular flexibility index (Phi) is 11.0. The van der Waals surface area contributed by atoms with Gasteiger partial charge < -0.3 is 20.3 Å². The number of esters is 1. The average molecular weight is 550 g/mol. The number of carbonyl (C=O) groups excluding carboxylic acids is 2. The Labute approximate surface area is 209 Å². The first-order valence-corrected chi connectivity index (χ1v) is 12.9. The summed E-state index contributed by atoms with van der Waals surface area (Å²) in [7, 11) is -4.39. The van der Waals surface area contributed by atoms with Gasteiger partial charge >= 0.3 is 18.1 Å². The molecule has 0 aliphatic rings. The highest BCUT2D eigenvalue weighted by Crippen LogP contribution is 2.42. The maximum Gasteiger partial charge on any atom is 0.417 e. The molecule has 0 aromatic heterocycles. The van der Waals surface area contributed by atoms with Crippen molar-refractivity contribution in [3.05, 3.63) is 0 Å². The van der Waals surface area contributed by atoms with Crippen LogP contribution in [0, 0.1) is 10.8 Å². The molecule has 0 fully saturated rings. The second-order valence-corrected chi connectivity index (χ2v) is 12.3. The monoisotopic (exact) mass is 549 g/mol. The van der Waals surface area contributed by atoms with E-state index in [0.717, 1.165) is 0 Å². The van der Waals surface area contributed by atoms with Gasteiger partial charge in [0, 0.05) is 12.8 Å². The van der Waals surface area contributed by atoms with Gasteiger partial charge in [0.1, 0.15) is 6.10 Å². The van der Waals surface area contributed by atoms with Gasteiger partial charge in [-0.3, -0.25) is 18.9 Å². The molecule has 10 nitrogen and oxygen atoms in total. The largest absolute Gasteiger partial charge is 0.481 e. The van der Waals surface area contributed by atoms with Crippen molar-refractivity contribution >= 4 is 28.0 Å². The van der Waals surface area contributed by atoms with Crippen molar-refractivity contribution in [2.45, 2.75) is 104 Å². The zero-order valence-electron chi connectivity index (χ0n) is 21.7. The molecule has 0 aliphatic heterocycles. The van der Waals surface area contributed by atoms with Crippen LogP contribution in [0.4, 0.5) is 13.2 Å². The summed E-state index contributed by atoms with van der Waals surface area (Å²) < 4.78 is 75.2. The Morgan fingerprint density at radius 2 is 1.53 bits per heavy atom. The highest BCUT2D eigenvalue weighted by atomic mass is 32.2. The van der Waals surface area contributed by atoms with Crippen LogP contribution in [0.25, 0.3) is 0 Å². The van der Waals surface area contributed by atoms with Crippen LogP contribution in [-0.2, 0) is 29.2 Å². The minimum Gasteiger partial charge on any atom is -0.481 e. The number of aliphatic hydroxyl groups is 1. The highest BCUT2D eigenvalue weighted by Gasteiger charge is 2.51. The summed E-state index contributed by atoms with van der Waals surface area (Å²) in [5, 5.41) is 21.9. The second kappa shape index (κ2) is 11.6. The average Bonchev–Trinajstić information content (AvgIpc) is 2.62. The molecule has 4 N–H and O–H groups in total. The van der Waals surface area contributed by atoms with Crippen molar-refractivity contribution < 1.29 is 55.5 Å². The molecule has 0 saturated heterocycles. The number of nitrogens with one attached hydrogen (secondary N) is 1. The minimum atomic E-state index is -4.94. The van der Waals surface area contributed by atoms with Gasteiger partial charge in [0.2, 0.25) is 5.91 Å². The summed E-state index contributed by atoms with van der Waals surface area (Å²) in [5.74, 6) is -3.71. The number of hydrogen-bond acceptors (Lipinski definition) is 7. The third-order valence-electron chi connectivity index (χ3n) is 6.10. The first-order valence-electron chi connectivity index (χ1n) is 11.3. The van der Waals surface area contributed by atoms with Crippen LogP contribution in [-0.4, -0.2) is 70.2 Å². The number of halogens is 3. The number of hydrogen-bond donors (Lipinski definition) is 4. The quantitative estimate of drug-likeness (QED) is 0.188. The summed E-state index contributed by atoms with van der Waals surface area (Å²) in [6.45, 7) is 8.74. The molecule has 36 heavy (non-hydrogen) atoms. The van der Waals surface area contributed by atoms with Crippen LogP contribution in [0.5, 0.6) is 0 Å². The summed E-state index contributed by atoms with van der Waals surface area (Å²) in [5.41, 5.74) is -7.50. The number of aliphatic carboxylic acids is 1. The van der Waals surface area contributed by atoms with Crippen molar-refractivity contribution in [2.75, 3.05) is 5.75 Å². The Bertz CT molecular complexity index is 918. The maximum atomic E-state index is 12.9. The number of carboxylic acid groups (broad SMARTS) is 1. The lowest BCUT2D eigenvalue weighted by molar-refractivity contribution is -0.261. The van der Waals surface area contributed by atoms with Crippen LogP contribution < -0.4 is 5.32 Å². The molecule has 0 spiro atoms. The highest BCUT2D eigenvalue weighted by molar-refractivity contribution is 7.85. The van der Waals surface area contributed by atoms with Crippen LogP contribution in [0.3, 0.4) is 0 Å². The van der Waals surface area contributed by atoms with E-state index in [1.807, 2.05) is 0 Å². The zero-order valence-corrected chi connectivity index (χ0v) is 22.5. The predicted molar refractivity (Wildman–Crippen MR) is 123 cm³/mol. The van der Waals surface area contributed by atoms with Crippen LogP contribution in [0.2, 0.25) is 0 Å². The Hall–Kier alpha value is -1.93. The molecule has 4 atom stereocenters. The molecule has 0 bridgehead atoms. The summed E-state index contributed by atoms with van der Waals surface area (Å²) in [6.07, 6.45) is -8.03. The molecule has 212 valence electrons. The molecule has 1 amide bonds. The molecular formula is C22H38F3NO9S. The van der Waals surface area contributed by atoms with Crippen molar-refractivity contribution in [1.29, 1.82) is 0 Å². The lowest BCUT2D eigenvalue weighted by atomic mass is 9.69. The molecule has 14 heteroatoms. The third kappa shape index (κ3) is 10.6. The van der Waals surface area contributed by atoms with Gasteiger partial charge in [0.25, 0.3) is 10.1 Å². The van der Waals surface area contributed by atoms with E-state index in [1.165, 1.54) is 34.6 Å². The van der Waals surface area contributed by atoms with E-state index in [2.05, 4.69) is 5.32 Å². The van der Waals surface area contributed by atoms with E-state index < -0.39 is 74.4 Å². The first kappa shape index (κ1) is 34.1. The molecule has 4 unspecified atom stereocenters. The lowest BCUT2D eigenvalue weighted by Crippen LogP contribution is -2.49. The number of ether oxygens (including phenoxy) is 1. The fourth-order valence-electron chi connectivity index (χ4n) is 3.84. The summed E-state index contributed by atoms with van der Waals surface area (Å²) in [4.78, 5) is 37.3.